The molecular weight excluding hydrogens is 232 g/mol. The molecule has 1 atom stereocenters. The minimum atomic E-state index is -0.892. The predicted molar refractivity (Wildman–Crippen MR) is 67.3 cm³/mol. The predicted octanol–water partition coefficient (Wildman–Crippen LogP) is 0.938. The number of carboxylic acid groups (broad SMARTS) is 1. The van der Waals surface area contributed by atoms with Crippen LogP contribution in [0.25, 0.3) is 0 Å². The number of carboxylic acids is 1. The first-order valence-corrected chi connectivity index (χ1v) is 6.90. The number of nitrogens with zero attached hydrogens (tertiary/aromatic N) is 2. The first-order valence-electron chi connectivity index (χ1n) is 6.90. The van der Waals surface area contributed by atoms with Crippen LogP contribution in [-0.4, -0.2) is 59.0 Å². The zero-order valence-corrected chi connectivity index (χ0v) is 10.8. The molecule has 0 aromatic carbocycles. The Morgan fingerprint density at radius 2 is 1.78 bits per heavy atom. The molecule has 1 N–H and O–H groups in total. The van der Waals surface area contributed by atoms with Crippen molar-refractivity contribution in [3.8, 4) is 0 Å². The second-order valence-electron chi connectivity index (χ2n) is 5.27. The molecule has 2 heterocycles. The molecule has 0 aromatic heterocycles. The molecule has 0 aromatic rings. The third kappa shape index (κ3) is 3.45. The Bertz CT molecular complexity index is 313. The summed E-state index contributed by atoms with van der Waals surface area (Å²) < 4.78 is 0. The van der Waals surface area contributed by atoms with E-state index in [0.29, 0.717) is 6.04 Å². The molecule has 0 radical (unpaired) electrons. The van der Waals surface area contributed by atoms with Crippen LogP contribution in [0.5, 0.6) is 0 Å². The van der Waals surface area contributed by atoms with Crippen molar-refractivity contribution in [1.29, 1.82) is 0 Å². The van der Waals surface area contributed by atoms with Crippen LogP contribution < -0.4 is 0 Å². The van der Waals surface area contributed by atoms with Gasteiger partial charge in [0.1, 0.15) is 0 Å². The van der Waals surface area contributed by atoms with Crippen LogP contribution in [0.3, 0.4) is 0 Å². The van der Waals surface area contributed by atoms with E-state index in [9.17, 15) is 9.59 Å². The highest BCUT2D eigenvalue weighted by atomic mass is 16.4. The molecule has 5 heteroatoms. The lowest BCUT2D eigenvalue weighted by Gasteiger charge is -2.37. The summed E-state index contributed by atoms with van der Waals surface area (Å²) >= 11 is 0. The summed E-state index contributed by atoms with van der Waals surface area (Å²) in [6, 6.07) is 0.495. The van der Waals surface area contributed by atoms with E-state index in [2.05, 4.69) is 4.90 Å². The van der Waals surface area contributed by atoms with Gasteiger partial charge in [0.25, 0.3) is 0 Å². The Balaban J connectivity index is 1.81. The fourth-order valence-electron chi connectivity index (χ4n) is 2.96. The van der Waals surface area contributed by atoms with Gasteiger partial charge in [-0.05, 0) is 38.8 Å². The number of likely N-dealkylation sites (tertiary alicyclic amines) is 2. The van der Waals surface area contributed by atoms with E-state index in [1.807, 2.05) is 4.90 Å². The fourth-order valence-corrected chi connectivity index (χ4v) is 2.96. The van der Waals surface area contributed by atoms with Crippen LogP contribution >= 0.6 is 0 Å². The van der Waals surface area contributed by atoms with Crippen LogP contribution in [0.2, 0.25) is 0 Å². The van der Waals surface area contributed by atoms with Gasteiger partial charge in [-0.25, -0.2) is 0 Å². The van der Waals surface area contributed by atoms with Gasteiger partial charge < -0.3 is 10.0 Å². The Labute approximate surface area is 108 Å². The largest absolute Gasteiger partial charge is 0.481 e. The van der Waals surface area contributed by atoms with E-state index in [1.54, 1.807) is 0 Å². The quantitative estimate of drug-likeness (QED) is 0.811. The molecule has 2 aliphatic rings. The van der Waals surface area contributed by atoms with Gasteiger partial charge >= 0.3 is 5.97 Å². The van der Waals surface area contributed by atoms with E-state index in [-0.39, 0.29) is 18.7 Å². The van der Waals surface area contributed by atoms with Crippen LogP contribution in [0.15, 0.2) is 0 Å². The van der Waals surface area contributed by atoms with Crippen molar-refractivity contribution in [2.45, 2.75) is 44.6 Å². The smallest absolute Gasteiger partial charge is 0.303 e. The summed E-state index contributed by atoms with van der Waals surface area (Å²) in [5.41, 5.74) is 0. The number of aliphatic carboxylic acids is 1. The first kappa shape index (κ1) is 13.3. The Morgan fingerprint density at radius 3 is 2.44 bits per heavy atom. The number of amides is 1. The lowest BCUT2D eigenvalue weighted by Crippen LogP contribution is -2.49. The Morgan fingerprint density at radius 1 is 1.06 bits per heavy atom. The number of carbonyl (C=O) groups is 2. The molecule has 18 heavy (non-hydrogen) atoms. The van der Waals surface area contributed by atoms with E-state index < -0.39 is 5.97 Å². The summed E-state index contributed by atoms with van der Waals surface area (Å²) in [5, 5.41) is 8.61. The number of rotatable bonds is 4. The average Bonchev–Trinajstić information content (AvgIpc) is 2.90. The third-order valence-corrected chi connectivity index (χ3v) is 3.96. The zero-order chi connectivity index (χ0) is 13.0. The number of hydrogen-bond acceptors (Lipinski definition) is 3. The summed E-state index contributed by atoms with van der Waals surface area (Å²) in [7, 11) is 0. The van der Waals surface area contributed by atoms with Crippen molar-refractivity contribution < 1.29 is 14.7 Å². The van der Waals surface area contributed by atoms with Crippen molar-refractivity contribution in [1.82, 2.24) is 9.80 Å². The SMILES string of the molecule is O=C(O)CCC(=O)N1CCCC(N2CCCC2)C1. The minimum absolute atomic E-state index is 0.00120. The molecule has 1 amide bonds. The van der Waals surface area contributed by atoms with Crippen LogP contribution in [0.1, 0.15) is 38.5 Å². The maximum absolute atomic E-state index is 11.9. The molecule has 2 aliphatic heterocycles. The van der Waals surface area contributed by atoms with Crippen molar-refractivity contribution >= 4 is 11.9 Å². The molecule has 0 bridgehead atoms. The molecular formula is C13H22N2O3. The fraction of sp³-hybridized carbons (Fsp3) is 0.846. The normalized spacial score (nSPS) is 25.3. The monoisotopic (exact) mass is 254 g/mol. The van der Waals surface area contributed by atoms with Gasteiger partial charge in [-0.2, -0.15) is 0 Å². The summed E-state index contributed by atoms with van der Waals surface area (Å²) in [4.78, 5) is 26.7. The molecule has 102 valence electrons. The standard InChI is InChI=1S/C13H22N2O3/c16-12(5-6-13(17)18)15-9-3-4-11(10-15)14-7-1-2-8-14/h11H,1-10H2,(H,17,18). The molecule has 5 nitrogen and oxygen atoms in total. The molecule has 1 unspecified atom stereocenters. The van der Waals surface area contributed by atoms with Gasteiger partial charge in [-0.3, -0.25) is 14.5 Å². The van der Waals surface area contributed by atoms with Crippen molar-refractivity contribution in [2.24, 2.45) is 0 Å². The summed E-state index contributed by atoms with van der Waals surface area (Å²) in [6.07, 6.45) is 4.83. The van der Waals surface area contributed by atoms with Gasteiger partial charge in [-0.1, -0.05) is 0 Å². The van der Waals surface area contributed by atoms with Gasteiger partial charge in [0.05, 0.1) is 6.42 Å². The zero-order valence-electron chi connectivity index (χ0n) is 10.8. The van der Waals surface area contributed by atoms with E-state index >= 15 is 0 Å². The molecule has 2 saturated heterocycles. The highest BCUT2D eigenvalue weighted by Crippen LogP contribution is 2.20. The molecule has 0 aliphatic carbocycles. The van der Waals surface area contributed by atoms with Crippen molar-refractivity contribution in [3.05, 3.63) is 0 Å². The lowest BCUT2D eigenvalue weighted by atomic mass is 10.0. The van der Waals surface area contributed by atoms with Crippen LogP contribution in [0, 0.1) is 0 Å². The van der Waals surface area contributed by atoms with Crippen LogP contribution in [0.4, 0.5) is 0 Å². The van der Waals surface area contributed by atoms with Crippen molar-refractivity contribution in [3.63, 3.8) is 0 Å². The van der Waals surface area contributed by atoms with Gasteiger partial charge in [0.15, 0.2) is 0 Å². The molecule has 0 spiro atoms. The molecule has 2 rings (SSSR count). The topological polar surface area (TPSA) is 60.9 Å². The Kier molecular flexibility index (Phi) is 4.58. The highest BCUT2D eigenvalue weighted by Gasteiger charge is 2.29. The number of hydrogen-bond donors (Lipinski definition) is 1. The van der Waals surface area contributed by atoms with Crippen molar-refractivity contribution in [2.75, 3.05) is 26.2 Å². The first-order chi connectivity index (χ1) is 8.66. The van der Waals surface area contributed by atoms with E-state index in [0.717, 1.165) is 32.6 Å². The molecule has 0 saturated carbocycles. The maximum Gasteiger partial charge on any atom is 0.303 e. The number of carbonyl (C=O) groups excluding carboxylic acids is 1. The average molecular weight is 254 g/mol. The van der Waals surface area contributed by atoms with E-state index in [4.69, 9.17) is 5.11 Å². The minimum Gasteiger partial charge on any atom is -0.481 e. The summed E-state index contributed by atoms with van der Waals surface area (Å²) in [6.45, 7) is 3.89. The second kappa shape index (κ2) is 6.18. The van der Waals surface area contributed by atoms with Gasteiger partial charge in [0, 0.05) is 25.6 Å². The number of piperidine rings is 1. The second-order valence-corrected chi connectivity index (χ2v) is 5.27. The Hall–Kier alpha value is -1.10. The van der Waals surface area contributed by atoms with Gasteiger partial charge in [-0.15, -0.1) is 0 Å². The van der Waals surface area contributed by atoms with E-state index in [1.165, 1.54) is 19.3 Å². The lowest BCUT2D eigenvalue weighted by molar-refractivity contribution is -0.141. The highest BCUT2D eigenvalue weighted by molar-refractivity contribution is 5.80. The van der Waals surface area contributed by atoms with Gasteiger partial charge in [0.2, 0.25) is 5.91 Å². The molecule has 2 fully saturated rings. The van der Waals surface area contributed by atoms with Crippen LogP contribution in [-0.2, 0) is 9.59 Å². The third-order valence-electron chi connectivity index (χ3n) is 3.96. The maximum atomic E-state index is 11.9. The summed E-state index contributed by atoms with van der Waals surface area (Å²) in [5.74, 6) is -0.891.